The standard InChI is InChI=1S/C18H22N2O3/c1-17(2,3)23-16(22)20-14-8-5-4-7-13(14)11-18(12-19)10-6-9-15(18)21/h4-5,7-8H,6,9-11H2,1-3H3,(H,20,22)/t18-/m0/s1. The third-order valence-electron chi connectivity index (χ3n) is 3.90. The van der Waals surface area contributed by atoms with Crippen molar-refractivity contribution in [1.29, 1.82) is 5.26 Å². The summed E-state index contributed by atoms with van der Waals surface area (Å²) in [5, 5.41) is 12.2. The maximum Gasteiger partial charge on any atom is 0.412 e. The van der Waals surface area contributed by atoms with Crippen molar-refractivity contribution < 1.29 is 14.3 Å². The summed E-state index contributed by atoms with van der Waals surface area (Å²) < 4.78 is 5.26. The molecule has 1 fully saturated rings. The molecule has 5 heteroatoms. The second kappa shape index (κ2) is 6.41. The number of carbonyl (C=O) groups excluding carboxylic acids is 2. The lowest BCUT2D eigenvalue weighted by Crippen LogP contribution is -2.29. The van der Waals surface area contributed by atoms with Crippen LogP contribution in [0, 0.1) is 16.7 Å². The molecule has 1 aromatic rings. The molecule has 0 radical (unpaired) electrons. The monoisotopic (exact) mass is 314 g/mol. The Labute approximate surface area is 136 Å². The van der Waals surface area contributed by atoms with Crippen LogP contribution in [-0.2, 0) is 16.0 Å². The number of rotatable bonds is 3. The van der Waals surface area contributed by atoms with Gasteiger partial charge >= 0.3 is 6.09 Å². The van der Waals surface area contributed by atoms with Gasteiger partial charge in [-0.25, -0.2) is 4.79 Å². The highest BCUT2D eigenvalue weighted by Crippen LogP contribution is 2.38. The van der Waals surface area contributed by atoms with Crippen LogP contribution in [0.1, 0.15) is 45.6 Å². The molecule has 1 aromatic carbocycles. The first-order valence-electron chi connectivity index (χ1n) is 7.78. The molecule has 1 atom stereocenters. The van der Waals surface area contributed by atoms with Gasteiger partial charge in [0.2, 0.25) is 0 Å². The van der Waals surface area contributed by atoms with Crippen LogP contribution in [0.3, 0.4) is 0 Å². The van der Waals surface area contributed by atoms with Crippen LogP contribution in [0.2, 0.25) is 0 Å². The summed E-state index contributed by atoms with van der Waals surface area (Å²) in [5.41, 5.74) is -0.203. The third-order valence-corrected chi connectivity index (χ3v) is 3.90. The van der Waals surface area contributed by atoms with Gasteiger partial charge in [-0.05, 0) is 45.2 Å². The molecule has 0 saturated heterocycles. The van der Waals surface area contributed by atoms with Gasteiger partial charge in [0.15, 0.2) is 5.78 Å². The number of nitrogens with one attached hydrogen (secondary N) is 1. The molecule has 0 aromatic heterocycles. The van der Waals surface area contributed by atoms with Gasteiger partial charge in [0.25, 0.3) is 0 Å². The molecule has 5 nitrogen and oxygen atoms in total. The number of carbonyl (C=O) groups is 2. The summed E-state index contributed by atoms with van der Waals surface area (Å²) in [4.78, 5) is 24.1. The Hall–Kier alpha value is -2.35. The molecule has 1 saturated carbocycles. The van der Waals surface area contributed by atoms with Crippen LogP contribution in [0.25, 0.3) is 0 Å². The normalized spacial score (nSPS) is 20.9. The summed E-state index contributed by atoms with van der Waals surface area (Å²) in [7, 11) is 0. The van der Waals surface area contributed by atoms with Gasteiger partial charge in [0.1, 0.15) is 11.0 Å². The van der Waals surface area contributed by atoms with E-state index in [0.29, 0.717) is 24.9 Å². The van der Waals surface area contributed by atoms with E-state index in [1.165, 1.54) is 0 Å². The van der Waals surface area contributed by atoms with Crippen LogP contribution in [0.15, 0.2) is 24.3 Å². The van der Waals surface area contributed by atoms with Crippen molar-refractivity contribution in [2.45, 2.75) is 52.1 Å². The predicted octanol–water partition coefficient (Wildman–Crippen LogP) is 3.84. The fraction of sp³-hybridized carbons (Fsp3) is 0.500. The minimum Gasteiger partial charge on any atom is -0.444 e. The van der Waals surface area contributed by atoms with E-state index in [4.69, 9.17) is 4.74 Å². The van der Waals surface area contributed by atoms with Crippen LogP contribution in [0.5, 0.6) is 0 Å². The van der Waals surface area contributed by atoms with Gasteiger partial charge in [0.05, 0.1) is 6.07 Å². The van der Waals surface area contributed by atoms with E-state index in [9.17, 15) is 14.9 Å². The molecule has 122 valence electrons. The van der Waals surface area contributed by atoms with Gasteiger partial charge < -0.3 is 4.74 Å². The summed E-state index contributed by atoms with van der Waals surface area (Å²) in [6.07, 6.45) is 1.54. The number of Topliss-reactive ketones (excluding diaryl/α,β-unsaturated/α-hetero) is 1. The van der Waals surface area contributed by atoms with Gasteiger partial charge in [-0.3, -0.25) is 10.1 Å². The number of benzene rings is 1. The van der Waals surface area contributed by atoms with Crippen molar-refractivity contribution in [3.05, 3.63) is 29.8 Å². The Balaban J connectivity index is 2.20. The van der Waals surface area contributed by atoms with Crippen molar-refractivity contribution >= 4 is 17.6 Å². The molecule has 1 aliphatic rings. The Morgan fingerprint density at radius 2 is 2.09 bits per heavy atom. The number of amides is 1. The number of nitrogens with zero attached hydrogens (tertiary/aromatic N) is 1. The zero-order valence-corrected chi connectivity index (χ0v) is 13.8. The molecule has 1 amide bonds. The van der Waals surface area contributed by atoms with Gasteiger partial charge in [-0.15, -0.1) is 0 Å². The van der Waals surface area contributed by atoms with Crippen LogP contribution in [0.4, 0.5) is 10.5 Å². The van der Waals surface area contributed by atoms with Crippen LogP contribution < -0.4 is 5.32 Å². The smallest absolute Gasteiger partial charge is 0.412 e. The van der Waals surface area contributed by atoms with Crippen LogP contribution >= 0.6 is 0 Å². The maximum atomic E-state index is 12.1. The van der Waals surface area contributed by atoms with Crippen LogP contribution in [-0.4, -0.2) is 17.5 Å². The fourth-order valence-corrected chi connectivity index (χ4v) is 2.81. The topological polar surface area (TPSA) is 79.2 Å². The molecular weight excluding hydrogens is 292 g/mol. The fourth-order valence-electron chi connectivity index (χ4n) is 2.81. The number of nitriles is 1. The number of hydrogen-bond acceptors (Lipinski definition) is 4. The Morgan fingerprint density at radius 1 is 1.39 bits per heavy atom. The minimum atomic E-state index is -0.967. The van der Waals surface area contributed by atoms with Crippen molar-refractivity contribution in [1.82, 2.24) is 0 Å². The van der Waals surface area contributed by atoms with E-state index >= 15 is 0 Å². The molecule has 0 spiro atoms. The molecule has 2 rings (SSSR count). The first-order valence-corrected chi connectivity index (χ1v) is 7.78. The highest BCUT2D eigenvalue weighted by atomic mass is 16.6. The molecule has 0 bridgehead atoms. The average Bonchev–Trinajstić information content (AvgIpc) is 2.80. The quantitative estimate of drug-likeness (QED) is 0.919. The molecule has 0 heterocycles. The predicted molar refractivity (Wildman–Crippen MR) is 86.9 cm³/mol. The van der Waals surface area contributed by atoms with E-state index in [1.807, 2.05) is 12.1 Å². The third kappa shape index (κ3) is 4.10. The molecule has 1 aliphatic carbocycles. The van der Waals surface area contributed by atoms with E-state index in [0.717, 1.165) is 12.0 Å². The number of anilines is 1. The number of ketones is 1. The second-order valence-corrected chi connectivity index (χ2v) is 6.93. The van der Waals surface area contributed by atoms with E-state index in [1.54, 1.807) is 32.9 Å². The highest BCUT2D eigenvalue weighted by Gasteiger charge is 2.42. The summed E-state index contributed by atoms with van der Waals surface area (Å²) in [6, 6.07) is 9.42. The SMILES string of the molecule is CC(C)(C)OC(=O)Nc1ccccc1C[C@]1(C#N)CCCC1=O. The first kappa shape index (κ1) is 17.0. The Bertz CT molecular complexity index is 655. The van der Waals surface area contributed by atoms with Gasteiger partial charge in [-0.2, -0.15) is 5.26 Å². The highest BCUT2D eigenvalue weighted by molar-refractivity contribution is 5.90. The first-order chi connectivity index (χ1) is 10.8. The van der Waals surface area contributed by atoms with Crippen molar-refractivity contribution in [3.63, 3.8) is 0 Å². The zero-order chi connectivity index (χ0) is 17.1. The number of para-hydroxylation sites is 1. The van der Waals surface area contributed by atoms with Gasteiger partial charge in [-0.1, -0.05) is 18.2 Å². The minimum absolute atomic E-state index is 0.00734. The summed E-state index contributed by atoms with van der Waals surface area (Å²) in [5.74, 6) is -0.00734. The lowest BCUT2D eigenvalue weighted by Gasteiger charge is -2.22. The van der Waals surface area contributed by atoms with E-state index in [-0.39, 0.29) is 5.78 Å². The molecule has 0 aliphatic heterocycles. The van der Waals surface area contributed by atoms with Gasteiger partial charge in [0, 0.05) is 18.5 Å². The number of hydrogen-bond donors (Lipinski definition) is 1. The second-order valence-electron chi connectivity index (χ2n) is 6.93. The molecule has 1 N–H and O–H groups in total. The average molecular weight is 314 g/mol. The van der Waals surface area contributed by atoms with Crippen molar-refractivity contribution in [2.24, 2.45) is 5.41 Å². The largest absolute Gasteiger partial charge is 0.444 e. The van der Waals surface area contributed by atoms with E-state index < -0.39 is 17.1 Å². The van der Waals surface area contributed by atoms with Crippen molar-refractivity contribution in [2.75, 3.05) is 5.32 Å². The Kier molecular flexibility index (Phi) is 4.74. The molecular formula is C18H22N2O3. The summed E-state index contributed by atoms with van der Waals surface area (Å²) >= 11 is 0. The molecule has 0 unspecified atom stereocenters. The zero-order valence-electron chi connectivity index (χ0n) is 13.8. The summed E-state index contributed by atoms with van der Waals surface area (Å²) in [6.45, 7) is 5.38. The number of ether oxygens (including phenoxy) is 1. The lowest BCUT2D eigenvalue weighted by molar-refractivity contribution is -0.123. The Morgan fingerprint density at radius 3 is 2.65 bits per heavy atom. The van der Waals surface area contributed by atoms with E-state index in [2.05, 4.69) is 11.4 Å². The molecule has 23 heavy (non-hydrogen) atoms. The lowest BCUT2D eigenvalue weighted by atomic mass is 9.80. The van der Waals surface area contributed by atoms with Crippen molar-refractivity contribution in [3.8, 4) is 6.07 Å². The maximum absolute atomic E-state index is 12.1.